The van der Waals surface area contributed by atoms with E-state index in [2.05, 4.69) is 0 Å². The van der Waals surface area contributed by atoms with Gasteiger partial charge >= 0.3 is 5.97 Å². The maximum absolute atomic E-state index is 13.5. The van der Waals surface area contributed by atoms with E-state index in [-0.39, 0.29) is 21.9 Å². The highest BCUT2D eigenvalue weighted by molar-refractivity contribution is 6.31. The lowest BCUT2D eigenvalue weighted by Gasteiger charge is -2.04. The molecule has 0 unspecified atom stereocenters. The minimum Gasteiger partial charge on any atom is -0.478 e. The molecule has 0 saturated heterocycles. The minimum atomic E-state index is -1.23. The highest BCUT2D eigenvalue weighted by atomic mass is 35.5. The molecule has 0 heterocycles. The molecule has 0 aliphatic rings. The topological polar surface area (TPSA) is 54.4 Å². The van der Waals surface area contributed by atoms with Crippen LogP contribution < -0.4 is 0 Å². The molecule has 0 amide bonds. The van der Waals surface area contributed by atoms with E-state index in [0.717, 1.165) is 12.2 Å². The lowest BCUT2D eigenvalue weighted by atomic mass is 10.0. The zero-order chi connectivity index (χ0) is 12.3. The number of halogens is 2. The summed E-state index contributed by atoms with van der Waals surface area (Å²) in [7, 11) is 0. The summed E-state index contributed by atoms with van der Waals surface area (Å²) in [4.78, 5) is 21.5. The second-order valence-corrected chi connectivity index (χ2v) is 3.46. The summed E-state index contributed by atoms with van der Waals surface area (Å²) in [6.45, 7) is 1.26. The van der Waals surface area contributed by atoms with E-state index in [1.54, 1.807) is 0 Å². The third-order valence-electron chi connectivity index (χ3n) is 1.90. The van der Waals surface area contributed by atoms with Crippen LogP contribution in [0.2, 0.25) is 5.02 Å². The number of carbonyl (C=O) groups is 2. The first-order chi connectivity index (χ1) is 7.43. The van der Waals surface area contributed by atoms with Crippen LogP contribution in [0.15, 0.2) is 18.2 Å². The van der Waals surface area contributed by atoms with Gasteiger partial charge in [0, 0.05) is 17.2 Å². The Bertz CT molecular complexity index is 480. The monoisotopic (exact) mass is 242 g/mol. The highest BCUT2D eigenvalue weighted by Gasteiger charge is 2.13. The van der Waals surface area contributed by atoms with Crippen molar-refractivity contribution >= 4 is 29.4 Å². The number of carboxylic acids is 1. The van der Waals surface area contributed by atoms with E-state index < -0.39 is 11.8 Å². The molecule has 1 aromatic rings. The first-order valence-electron chi connectivity index (χ1n) is 4.33. The Morgan fingerprint density at radius 1 is 1.44 bits per heavy atom. The Hall–Kier alpha value is -1.68. The zero-order valence-electron chi connectivity index (χ0n) is 8.33. The van der Waals surface area contributed by atoms with E-state index in [1.807, 2.05) is 0 Å². The van der Waals surface area contributed by atoms with Gasteiger partial charge in [0.2, 0.25) is 0 Å². The fourth-order valence-corrected chi connectivity index (χ4v) is 1.36. The van der Waals surface area contributed by atoms with Crippen molar-refractivity contribution in [2.24, 2.45) is 0 Å². The molecule has 84 valence electrons. The first kappa shape index (κ1) is 12.4. The predicted molar refractivity (Wildman–Crippen MR) is 58.1 cm³/mol. The van der Waals surface area contributed by atoms with Crippen LogP contribution in [0, 0.1) is 5.82 Å². The van der Waals surface area contributed by atoms with E-state index >= 15 is 0 Å². The summed E-state index contributed by atoms with van der Waals surface area (Å²) in [6, 6.07) is 2.61. The SMILES string of the molecule is CC(=O)c1ccc(Cl)c(F)c1/C=C/C(=O)O. The molecule has 3 nitrogen and oxygen atoms in total. The lowest BCUT2D eigenvalue weighted by Crippen LogP contribution is -2.00. The maximum atomic E-state index is 13.5. The Morgan fingerprint density at radius 2 is 2.06 bits per heavy atom. The predicted octanol–water partition coefficient (Wildman–Crippen LogP) is 2.78. The molecule has 0 aromatic heterocycles. The molecule has 1 N–H and O–H groups in total. The lowest BCUT2D eigenvalue weighted by molar-refractivity contribution is -0.131. The van der Waals surface area contributed by atoms with E-state index in [0.29, 0.717) is 0 Å². The molecule has 0 radical (unpaired) electrons. The number of hydrogen-bond acceptors (Lipinski definition) is 2. The van der Waals surface area contributed by atoms with Gasteiger partial charge in [-0.15, -0.1) is 0 Å². The van der Waals surface area contributed by atoms with Crippen LogP contribution in [-0.2, 0) is 4.79 Å². The summed E-state index contributed by atoms with van der Waals surface area (Å²) in [5, 5.41) is 8.28. The smallest absolute Gasteiger partial charge is 0.328 e. The van der Waals surface area contributed by atoms with E-state index in [4.69, 9.17) is 16.7 Å². The van der Waals surface area contributed by atoms with Crippen molar-refractivity contribution < 1.29 is 19.1 Å². The number of benzene rings is 1. The number of Topliss-reactive ketones (excluding diaryl/α,β-unsaturated/α-hetero) is 1. The van der Waals surface area contributed by atoms with Gasteiger partial charge in [-0.05, 0) is 25.1 Å². The molecular weight excluding hydrogens is 235 g/mol. The van der Waals surface area contributed by atoms with Crippen molar-refractivity contribution in [3.8, 4) is 0 Å². The van der Waals surface area contributed by atoms with Crippen LogP contribution in [0.4, 0.5) is 4.39 Å². The van der Waals surface area contributed by atoms with Crippen molar-refractivity contribution in [2.75, 3.05) is 0 Å². The minimum absolute atomic E-state index is 0.0967. The van der Waals surface area contributed by atoms with Gasteiger partial charge in [-0.25, -0.2) is 9.18 Å². The van der Waals surface area contributed by atoms with Crippen molar-refractivity contribution in [3.63, 3.8) is 0 Å². The number of carboxylic acid groups (broad SMARTS) is 1. The van der Waals surface area contributed by atoms with Crippen LogP contribution in [0.1, 0.15) is 22.8 Å². The zero-order valence-corrected chi connectivity index (χ0v) is 9.08. The largest absolute Gasteiger partial charge is 0.478 e. The van der Waals surface area contributed by atoms with Crippen LogP contribution >= 0.6 is 11.6 Å². The molecule has 0 aliphatic heterocycles. The molecule has 0 fully saturated rings. The standard InChI is InChI=1S/C11H8ClFO3/c1-6(14)7-2-4-9(12)11(13)8(7)3-5-10(15)16/h2-5H,1H3,(H,15,16)/b5-3+. The fourth-order valence-electron chi connectivity index (χ4n) is 1.19. The number of hydrogen-bond donors (Lipinski definition) is 1. The van der Waals surface area contributed by atoms with Gasteiger partial charge in [0.25, 0.3) is 0 Å². The van der Waals surface area contributed by atoms with Gasteiger partial charge < -0.3 is 5.11 Å². The molecule has 0 aliphatic carbocycles. The summed E-state index contributed by atoms with van der Waals surface area (Å²) in [6.07, 6.45) is 1.77. The molecule has 0 bridgehead atoms. The second kappa shape index (κ2) is 4.90. The number of rotatable bonds is 3. The first-order valence-corrected chi connectivity index (χ1v) is 4.71. The molecule has 16 heavy (non-hydrogen) atoms. The van der Waals surface area contributed by atoms with Gasteiger partial charge in [0.1, 0.15) is 5.82 Å². The Labute approximate surface area is 96.2 Å². The summed E-state index contributed by atoms with van der Waals surface area (Å²) in [5.74, 6) is -2.39. The van der Waals surface area contributed by atoms with Gasteiger partial charge in [-0.2, -0.15) is 0 Å². The van der Waals surface area contributed by atoms with Crippen LogP contribution in [0.3, 0.4) is 0 Å². The molecular formula is C11H8ClFO3. The van der Waals surface area contributed by atoms with Crippen molar-refractivity contribution in [2.45, 2.75) is 6.92 Å². The molecule has 0 atom stereocenters. The third kappa shape index (κ3) is 2.67. The molecule has 1 rings (SSSR count). The number of aliphatic carboxylic acids is 1. The van der Waals surface area contributed by atoms with Gasteiger partial charge in [-0.3, -0.25) is 4.79 Å². The molecule has 5 heteroatoms. The van der Waals surface area contributed by atoms with E-state index in [1.165, 1.54) is 19.1 Å². The number of ketones is 1. The second-order valence-electron chi connectivity index (χ2n) is 3.05. The van der Waals surface area contributed by atoms with E-state index in [9.17, 15) is 14.0 Å². The van der Waals surface area contributed by atoms with Gasteiger partial charge in [0.15, 0.2) is 5.78 Å². The normalized spacial score (nSPS) is 10.7. The van der Waals surface area contributed by atoms with Crippen LogP contribution in [0.5, 0.6) is 0 Å². The average molecular weight is 243 g/mol. The number of carbonyl (C=O) groups excluding carboxylic acids is 1. The van der Waals surface area contributed by atoms with Crippen molar-refractivity contribution in [1.29, 1.82) is 0 Å². The quantitative estimate of drug-likeness (QED) is 0.655. The summed E-state index contributed by atoms with van der Waals surface area (Å²) >= 11 is 5.54. The van der Waals surface area contributed by atoms with Crippen LogP contribution in [0.25, 0.3) is 6.08 Å². The average Bonchev–Trinajstić information content (AvgIpc) is 2.19. The maximum Gasteiger partial charge on any atom is 0.328 e. The summed E-state index contributed by atoms with van der Waals surface area (Å²) in [5.41, 5.74) is -0.0122. The molecule has 0 saturated carbocycles. The molecule has 1 aromatic carbocycles. The van der Waals surface area contributed by atoms with Gasteiger partial charge in [-0.1, -0.05) is 11.6 Å². The highest BCUT2D eigenvalue weighted by Crippen LogP contribution is 2.23. The molecule has 0 spiro atoms. The van der Waals surface area contributed by atoms with Gasteiger partial charge in [0.05, 0.1) is 5.02 Å². The van der Waals surface area contributed by atoms with Crippen molar-refractivity contribution in [1.82, 2.24) is 0 Å². The Balaban J connectivity index is 3.37. The Kier molecular flexibility index (Phi) is 3.79. The van der Waals surface area contributed by atoms with Crippen molar-refractivity contribution in [3.05, 3.63) is 40.2 Å². The Morgan fingerprint density at radius 3 is 2.56 bits per heavy atom. The summed E-state index contributed by atoms with van der Waals surface area (Å²) < 4.78 is 13.5. The third-order valence-corrected chi connectivity index (χ3v) is 2.20. The van der Waals surface area contributed by atoms with Crippen LogP contribution in [-0.4, -0.2) is 16.9 Å². The fraction of sp³-hybridized carbons (Fsp3) is 0.0909.